The molecule has 0 spiro atoms. The van der Waals surface area contributed by atoms with Crippen LogP contribution in [0.2, 0.25) is 0 Å². The highest BCUT2D eigenvalue weighted by atomic mass is 79.9. The van der Waals surface area contributed by atoms with Crippen LogP contribution in [0.3, 0.4) is 0 Å². The molecule has 5 heteroatoms. The molecule has 0 aliphatic heterocycles. The summed E-state index contributed by atoms with van der Waals surface area (Å²) in [5.41, 5.74) is 2.95. The second-order valence-electron chi connectivity index (χ2n) is 5.55. The standard InChI is InChI=1S/C21H16BrNO3/c22-17-10-6-9-16(13-17)21(25)26-14-20(24)23-19-12-5-4-11-18(19)15-7-2-1-3-8-15/h1-13H,14H2,(H,23,24). The maximum absolute atomic E-state index is 12.2. The lowest BCUT2D eigenvalue weighted by molar-refractivity contribution is -0.119. The van der Waals surface area contributed by atoms with Crippen LogP contribution in [-0.4, -0.2) is 18.5 Å². The number of rotatable bonds is 5. The van der Waals surface area contributed by atoms with Crippen molar-refractivity contribution in [3.63, 3.8) is 0 Å². The Morgan fingerprint density at radius 2 is 1.62 bits per heavy atom. The van der Waals surface area contributed by atoms with Crippen LogP contribution >= 0.6 is 15.9 Å². The van der Waals surface area contributed by atoms with Gasteiger partial charge < -0.3 is 10.1 Å². The molecule has 3 aromatic carbocycles. The summed E-state index contributed by atoms with van der Waals surface area (Å²) in [7, 11) is 0. The van der Waals surface area contributed by atoms with Crippen molar-refractivity contribution in [1.82, 2.24) is 0 Å². The van der Waals surface area contributed by atoms with Crippen molar-refractivity contribution in [1.29, 1.82) is 0 Å². The highest BCUT2D eigenvalue weighted by Gasteiger charge is 2.12. The van der Waals surface area contributed by atoms with Crippen LogP contribution in [0.5, 0.6) is 0 Å². The quantitative estimate of drug-likeness (QED) is 0.608. The first-order valence-electron chi connectivity index (χ1n) is 8.00. The fraction of sp³-hybridized carbons (Fsp3) is 0.0476. The lowest BCUT2D eigenvalue weighted by Crippen LogP contribution is -2.21. The van der Waals surface area contributed by atoms with Crippen LogP contribution in [0.15, 0.2) is 83.3 Å². The van der Waals surface area contributed by atoms with E-state index in [1.807, 2.05) is 60.7 Å². The van der Waals surface area contributed by atoms with Crippen LogP contribution < -0.4 is 5.32 Å². The van der Waals surface area contributed by atoms with E-state index in [-0.39, 0.29) is 6.61 Å². The zero-order valence-electron chi connectivity index (χ0n) is 13.8. The van der Waals surface area contributed by atoms with Gasteiger partial charge in [-0.2, -0.15) is 0 Å². The predicted molar refractivity (Wildman–Crippen MR) is 105 cm³/mol. The molecule has 1 amide bonds. The van der Waals surface area contributed by atoms with Crippen LogP contribution in [0.1, 0.15) is 10.4 Å². The number of ether oxygens (including phenoxy) is 1. The van der Waals surface area contributed by atoms with Crippen LogP contribution in [0.25, 0.3) is 11.1 Å². The Hall–Kier alpha value is -2.92. The largest absolute Gasteiger partial charge is 0.452 e. The number of amides is 1. The summed E-state index contributed by atoms with van der Waals surface area (Å²) in [6, 6.07) is 24.1. The number of esters is 1. The van der Waals surface area contributed by atoms with Crippen LogP contribution in [0, 0.1) is 0 Å². The summed E-state index contributed by atoms with van der Waals surface area (Å²) < 4.78 is 5.86. The van der Waals surface area contributed by atoms with E-state index in [0.717, 1.165) is 15.6 Å². The molecule has 0 radical (unpaired) electrons. The highest BCUT2D eigenvalue weighted by molar-refractivity contribution is 9.10. The van der Waals surface area contributed by atoms with Gasteiger partial charge in [-0.05, 0) is 29.8 Å². The fourth-order valence-corrected chi connectivity index (χ4v) is 2.88. The number of hydrogen-bond acceptors (Lipinski definition) is 3. The van der Waals surface area contributed by atoms with Gasteiger partial charge in [0.25, 0.3) is 5.91 Å². The summed E-state index contributed by atoms with van der Waals surface area (Å²) in [6.45, 7) is -0.353. The van der Waals surface area contributed by atoms with Gasteiger partial charge in [0.1, 0.15) is 0 Å². The number of carbonyl (C=O) groups is 2. The Morgan fingerprint density at radius 3 is 2.38 bits per heavy atom. The van der Waals surface area contributed by atoms with Gasteiger partial charge in [0.05, 0.1) is 5.56 Å². The number of halogens is 1. The Kier molecular flexibility index (Phi) is 5.81. The van der Waals surface area contributed by atoms with Gasteiger partial charge in [-0.25, -0.2) is 4.79 Å². The molecule has 0 aliphatic carbocycles. The lowest BCUT2D eigenvalue weighted by atomic mass is 10.0. The molecule has 0 unspecified atom stereocenters. The molecule has 0 aliphatic rings. The van der Waals surface area contributed by atoms with E-state index in [2.05, 4.69) is 21.2 Å². The molecule has 4 nitrogen and oxygen atoms in total. The molecule has 3 aromatic rings. The summed E-state index contributed by atoms with van der Waals surface area (Å²) in [4.78, 5) is 24.2. The van der Waals surface area contributed by atoms with Gasteiger partial charge in [-0.3, -0.25) is 4.79 Å². The third-order valence-electron chi connectivity index (χ3n) is 3.68. The minimum atomic E-state index is -0.544. The molecule has 3 rings (SSSR count). The van der Waals surface area contributed by atoms with E-state index < -0.39 is 11.9 Å². The van der Waals surface area contributed by atoms with Gasteiger partial charge in [0, 0.05) is 15.7 Å². The van der Waals surface area contributed by atoms with Gasteiger partial charge in [-0.1, -0.05) is 70.5 Å². The topological polar surface area (TPSA) is 55.4 Å². The number of anilines is 1. The normalized spacial score (nSPS) is 10.2. The second-order valence-corrected chi connectivity index (χ2v) is 6.46. The molecule has 0 fully saturated rings. The highest BCUT2D eigenvalue weighted by Crippen LogP contribution is 2.27. The van der Waals surface area contributed by atoms with E-state index in [1.54, 1.807) is 18.2 Å². The molecule has 26 heavy (non-hydrogen) atoms. The van der Waals surface area contributed by atoms with E-state index in [4.69, 9.17) is 4.74 Å². The van der Waals surface area contributed by atoms with Crippen LogP contribution in [-0.2, 0) is 9.53 Å². The lowest BCUT2D eigenvalue weighted by Gasteiger charge is -2.11. The molecular formula is C21H16BrNO3. The summed E-state index contributed by atoms with van der Waals surface area (Å²) in [5, 5.41) is 2.80. The van der Waals surface area contributed by atoms with Crippen molar-refractivity contribution in [3.05, 3.63) is 88.9 Å². The van der Waals surface area contributed by atoms with Crippen molar-refractivity contribution in [3.8, 4) is 11.1 Å². The van der Waals surface area contributed by atoms with Gasteiger partial charge in [-0.15, -0.1) is 0 Å². The van der Waals surface area contributed by atoms with Crippen LogP contribution in [0.4, 0.5) is 5.69 Å². The predicted octanol–water partition coefficient (Wildman–Crippen LogP) is 4.91. The van der Waals surface area contributed by atoms with Crippen molar-refractivity contribution < 1.29 is 14.3 Å². The van der Waals surface area contributed by atoms with E-state index in [1.165, 1.54) is 0 Å². The average molecular weight is 410 g/mol. The van der Waals surface area contributed by atoms with E-state index >= 15 is 0 Å². The SMILES string of the molecule is O=C(COC(=O)c1cccc(Br)c1)Nc1ccccc1-c1ccccc1. The Morgan fingerprint density at radius 1 is 0.885 bits per heavy atom. The minimum Gasteiger partial charge on any atom is -0.452 e. The molecule has 1 N–H and O–H groups in total. The molecule has 0 saturated heterocycles. The Labute approximate surface area is 159 Å². The molecule has 130 valence electrons. The smallest absolute Gasteiger partial charge is 0.338 e. The third-order valence-corrected chi connectivity index (χ3v) is 4.17. The molecule has 0 saturated carbocycles. The van der Waals surface area contributed by atoms with E-state index in [0.29, 0.717) is 11.3 Å². The summed E-state index contributed by atoms with van der Waals surface area (Å²) in [5.74, 6) is -0.936. The zero-order chi connectivity index (χ0) is 18.4. The maximum Gasteiger partial charge on any atom is 0.338 e. The number of para-hydroxylation sites is 1. The van der Waals surface area contributed by atoms with Gasteiger partial charge in [0.2, 0.25) is 0 Å². The molecular weight excluding hydrogens is 394 g/mol. The Bertz CT molecular complexity index is 925. The first-order valence-corrected chi connectivity index (χ1v) is 8.80. The Balaban J connectivity index is 1.65. The summed E-state index contributed by atoms with van der Waals surface area (Å²) >= 11 is 3.30. The molecule has 0 bridgehead atoms. The van der Waals surface area contributed by atoms with E-state index in [9.17, 15) is 9.59 Å². The minimum absolute atomic E-state index is 0.353. The maximum atomic E-state index is 12.2. The third kappa shape index (κ3) is 4.58. The van der Waals surface area contributed by atoms with Crippen molar-refractivity contribution in [2.45, 2.75) is 0 Å². The van der Waals surface area contributed by atoms with Gasteiger partial charge >= 0.3 is 5.97 Å². The van der Waals surface area contributed by atoms with Crippen molar-refractivity contribution in [2.75, 3.05) is 11.9 Å². The number of nitrogens with one attached hydrogen (secondary N) is 1. The average Bonchev–Trinajstić information content (AvgIpc) is 2.67. The number of hydrogen-bond donors (Lipinski definition) is 1. The fourth-order valence-electron chi connectivity index (χ4n) is 2.48. The number of carbonyl (C=O) groups excluding carboxylic acids is 2. The molecule has 0 aromatic heterocycles. The van der Waals surface area contributed by atoms with Gasteiger partial charge in [0.15, 0.2) is 6.61 Å². The van der Waals surface area contributed by atoms with Crippen molar-refractivity contribution >= 4 is 33.5 Å². The monoisotopic (exact) mass is 409 g/mol. The second kappa shape index (κ2) is 8.45. The first kappa shape index (κ1) is 17.9. The molecule has 0 heterocycles. The number of benzene rings is 3. The van der Waals surface area contributed by atoms with Crippen molar-refractivity contribution in [2.24, 2.45) is 0 Å². The molecule has 0 atom stereocenters. The zero-order valence-corrected chi connectivity index (χ0v) is 15.4. The summed E-state index contributed by atoms with van der Waals surface area (Å²) in [6.07, 6.45) is 0. The first-order chi connectivity index (χ1) is 12.6.